The quantitative estimate of drug-likeness (QED) is 0.630. The summed E-state index contributed by atoms with van der Waals surface area (Å²) in [5, 5.41) is 3.61. The largest absolute Gasteiger partial charge is 0.365 e. The molecule has 5 rings (SSSR count). The van der Waals surface area contributed by atoms with Gasteiger partial charge in [0.15, 0.2) is 5.82 Å². The van der Waals surface area contributed by atoms with Crippen LogP contribution in [0, 0.1) is 0 Å². The van der Waals surface area contributed by atoms with Gasteiger partial charge < -0.3 is 5.32 Å². The van der Waals surface area contributed by atoms with Crippen LogP contribution in [0.4, 0.5) is 5.82 Å². The predicted octanol–water partition coefficient (Wildman–Crippen LogP) is 4.46. The molecule has 1 saturated carbocycles. The van der Waals surface area contributed by atoms with Gasteiger partial charge in [0.2, 0.25) is 0 Å². The lowest BCUT2D eigenvalue weighted by molar-refractivity contribution is 0.547. The van der Waals surface area contributed by atoms with E-state index in [1.165, 1.54) is 18.4 Å². The molecule has 0 saturated heterocycles. The Labute approximate surface area is 183 Å². The summed E-state index contributed by atoms with van der Waals surface area (Å²) in [6, 6.07) is 10.8. The van der Waals surface area contributed by atoms with Crippen LogP contribution in [0.15, 0.2) is 35.1 Å². The van der Waals surface area contributed by atoms with E-state index in [-0.39, 0.29) is 24.1 Å². The maximum atomic E-state index is 13.2. The predicted molar refractivity (Wildman–Crippen MR) is 122 cm³/mol. The molecule has 30 heavy (non-hydrogen) atoms. The molecule has 1 aromatic rings. The zero-order chi connectivity index (χ0) is 19.8. The third kappa shape index (κ3) is 3.73. The SMILES string of the molecule is CCCn1c2nc(C3CCCC3)nc-2c2n(c1=O)CC(CCc1ccccc1)N2.Cl. The lowest BCUT2D eigenvalue weighted by Gasteiger charge is -2.13. The van der Waals surface area contributed by atoms with E-state index in [0.29, 0.717) is 19.0 Å². The Morgan fingerprint density at radius 3 is 2.63 bits per heavy atom. The van der Waals surface area contributed by atoms with Crippen LogP contribution in [0.2, 0.25) is 0 Å². The number of nitrogens with zero attached hydrogens (tertiary/aromatic N) is 4. The molecule has 0 bridgehead atoms. The van der Waals surface area contributed by atoms with Gasteiger partial charge in [-0.15, -0.1) is 12.4 Å². The Kier molecular flexibility index (Phi) is 6.14. The number of anilines is 1. The van der Waals surface area contributed by atoms with Gasteiger partial charge in [-0.25, -0.2) is 14.8 Å². The number of aromatic nitrogens is 4. The van der Waals surface area contributed by atoms with Crippen LogP contribution in [0.1, 0.15) is 62.8 Å². The zero-order valence-corrected chi connectivity index (χ0v) is 18.3. The Morgan fingerprint density at radius 1 is 1.13 bits per heavy atom. The third-order valence-electron chi connectivity index (χ3n) is 6.41. The Morgan fingerprint density at radius 2 is 1.90 bits per heavy atom. The van der Waals surface area contributed by atoms with Gasteiger partial charge in [0.25, 0.3) is 0 Å². The average Bonchev–Trinajstić information content (AvgIpc) is 3.49. The van der Waals surface area contributed by atoms with Crippen LogP contribution in [0.3, 0.4) is 0 Å². The first-order valence-electron chi connectivity index (χ1n) is 11.1. The zero-order valence-electron chi connectivity index (χ0n) is 17.5. The fraction of sp³-hybridized carbons (Fsp3) is 0.522. The molecule has 1 fully saturated rings. The molecular weight excluding hydrogens is 398 g/mol. The number of aryl methyl sites for hydroxylation is 1. The summed E-state index contributed by atoms with van der Waals surface area (Å²) < 4.78 is 3.73. The molecule has 160 valence electrons. The van der Waals surface area contributed by atoms with Crippen LogP contribution >= 0.6 is 12.4 Å². The van der Waals surface area contributed by atoms with Crippen molar-refractivity contribution in [1.82, 2.24) is 19.1 Å². The minimum Gasteiger partial charge on any atom is -0.365 e. The second-order valence-electron chi connectivity index (χ2n) is 8.49. The van der Waals surface area contributed by atoms with E-state index in [1.54, 1.807) is 0 Å². The van der Waals surface area contributed by atoms with Crippen molar-refractivity contribution in [2.24, 2.45) is 0 Å². The van der Waals surface area contributed by atoms with E-state index < -0.39 is 0 Å². The van der Waals surface area contributed by atoms with E-state index in [0.717, 1.165) is 55.3 Å². The van der Waals surface area contributed by atoms with Crippen LogP contribution in [-0.2, 0) is 19.5 Å². The molecule has 0 spiro atoms. The molecule has 1 aliphatic carbocycles. The van der Waals surface area contributed by atoms with Crippen LogP contribution in [0.5, 0.6) is 0 Å². The van der Waals surface area contributed by atoms with Crippen LogP contribution in [-0.4, -0.2) is 25.1 Å². The lowest BCUT2D eigenvalue weighted by atomic mass is 10.1. The number of benzene rings is 1. The third-order valence-corrected chi connectivity index (χ3v) is 6.41. The van der Waals surface area contributed by atoms with Gasteiger partial charge in [-0.1, -0.05) is 50.1 Å². The minimum absolute atomic E-state index is 0. The molecule has 1 aromatic carbocycles. The number of hydrogen-bond acceptors (Lipinski definition) is 4. The first kappa shape index (κ1) is 20.9. The molecule has 6 nitrogen and oxygen atoms in total. The van der Waals surface area contributed by atoms with E-state index in [2.05, 4.69) is 36.5 Å². The van der Waals surface area contributed by atoms with E-state index in [4.69, 9.17) is 9.97 Å². The summed E-state index contributed by atoms with van der Waals surface area (Å²) in [4.78, 5) is 23.1. The second kappa shape index (κ2) is 8.80. The van der Waals surface area contributed by atoms with Crippen molar-refractivity contribution in [2.75, 3.05) is 5.32 Å². The summed E-state index contributed by atoms with van der Waals surface area (Å²) in [6.45, 7) is 3.49. The first-order valence-corrected chi connectivity index (χ1v) is 11.1. The summed E-state index contributed by atoms with van der Waals surface area (Å²) >= 11 is 0. The Bertz CT molecular complexity index is 1020. The van der Waals surface area contributed by atoms with Crippen molar-refractivity contribution in [2.45, 2.75) is 76.9 Å². The van der Waals surface area contributed by atoms with E-state index in [9.17, 15) is 4.79 Å². The number of rotatable bonds is 6. The monoisotopic (exact) mass is 427 g/mol. The number of imidazole rings is 1. The number of nitrogens with one attached hydrogen (secondary N) is 1. The number of hydrogen-bond donors (Lipinski definition) is 1. The normalized spacial score (nSPS) is 18.4. The van der Waals surface area contributed by atoms with Gasteiger partial charge in [-0.2, -0.15) is 0 Å². The molecule has 1 unspecified atom stereocenters. The summed E-state index contributed by atoms with van der Waals surface area (Å²) in [7, 11) is 0. The molecule has 4 aliphatic rings. The highest BCUT2D eigenvalue weighted by Crippen LogP contribution is 2.37. The van der Waals surface area contributed by atoms with Crippen molar-refractivity contribution < 1.29 is 0 Å². The fourth-order valence-corrected chi connectivity index (χ4v) is 4.87. The lowest BCUT2D eigenvalue weighted by Crippen LogP contribution is -2.32. The smallest absolute Gasteiger partial charge is 0.331 e. The standard InChI is InChI=1S/C23H29N5O.ClH/c1-2-14-27-22-19(25-20(26-22)17-10-6-7-11-17)21-24-18(15-28(21)23(27)29)13-12-16-8-4-3-5-9-16;/h3-5,8-9,17-18,24H,2,6-7,10-15H2,1H3;1H. The Balaban J connectivity index is 0.00000218. The van der Waals surface area contributed by atoms with Gasteiger partial charge in [0.05, 0.1) is 0 Å². The van der Waals surface area contributed by atoms with E-state index >= 15 is 0 Å². The summed E-state index contributed by atoms with van der Waals surface area (Å²) in [5.74, 6) is 3.02. The molecule has 7 heteroatoms. The molecular formula is C23H30ClN5O. The van der Waals surface area contributed by atoms with Crippen molar-refractivity contribution in [1.29, 1.82) is 0 Å². The molecule has 3 heterocycles. The molecule has 3 aliphatic heterocycles. The van der Waals surface area contributed by atoms with Gasteiger partial charge >= 0.3 is 5.69 Å². The minimum atomic E-state index is 0. The fourth-order valence-electron chi connectivity index (χ4n) is 4.87. The first-order chi connectivity index (χ1) is 14.2. The number of fused-ring (bicyclic) bond motifs is 3. The highest BCUT2D eigenvalue weighted by molar-refractivity contribution is 5.85. The van der Waals surface area contributed by atoms with Crippen LogP contribution in [0.25, 0.3) is 11.5 Å². The maximum Gasteiger partial charge on any atom is 0.331 e. The van der Waals surface area contributed by atoms with Gasteiger partial charge in [0.1, 0.15) is 17.3 Å². The van der Waals surface area contributed by atoms with Crippen LogP contribution < -0.4 is 11.0 Å². The average molecular weight is 428 g/mol. The van der Waals surface area contributed by atoms with Crippen molar-refractivity contribution in [3.05, 3.63) is 52.2 Å². The molecule has 1 N–H and O–H groups in total. The number of halogens is 1. The summed E-state index contributed by atoms with van der Waals surface area (Å²) in [6.07, 6.45) is 7.73. The van der Waals surface area contributed by atoms with Crippen molar-refractivity contribution in [3.8, 4) is 11.5 Å². The molecule has 0 aromatic heterocycles. The van der Waals surface area contributed by atoms with Gasteiger partial charge in [-0.05, 0) is 37.7 Å². The van der Waals surface area contributed by atoms with Crippen molar-refractivity contribution >= 4 is 18.2 Å². The summed E-state index contributed by atoms with van der Waals surface area (Å²) in [5.41, 5.74) is 2.25. The topological polar surface area (TPSA) is 64.7 Å². The highest BCUT2D eigenvalue weighted by Gasteiger charge is 2.33. The van der Waals surface area contributed by atoms with E-state index in [1.807, 2.05) is 15.2 Å². The second-order valence-corrected chi connectivity index (χ2v) is 8.49. The van der Waals surface area contributed by atoms with Gasteiger partial charge in [0, 0.05) is 25.0 Å². The maximum absolute atomic E-state index is 13.2. The molecule has 0 radical (unpaired) electrons. The molecule has 0 amide bonds. The highest BCUT2D eigenvalue weighted by atomic mass is 35.5. The van der Waals surface area contributed by atoms with Gasteiger partial charge in [-0.3, -0.25) is 9.13 Å². The Hall–Kier alpha value is -2.34. The van der Waals surface area contributed by atoms with Crippen molar-refractivity contribution in [3.63, 3.8) is 0 Å². The molecule has 1 atom stereocenters.